The van der Waals surface area contributed by atoms with E-state index in [1.165, 1.54) is 11.0 Å². The molecule has 0 unspecified atom stereocenters. The summed E-state index contributed by atoms with van der Waals surface area (Å²) < 4.78 is 7.77. The van der Waals surface area contributed by atoms with E-state index in [0.29, 0.717) is 16.4 Å². The number of nitrogens with zero attached hydrogens (tertiary/aromatic N) is 3. The molecule has 1 N–H and O–H groups in total. The minimum atomic E-state index is 0.427. The van der Waals surface area contributed by atoms with Gasteiger partial charge in [0, 0.05) is 10.6 Å². The van der Waals surface area contributed by atoms with Gasteiger partial charge in [-0.3, -0.25) is 5.10 Å². The van der Waals surface area contributed by atoms with E-state index in [1.54, 1.807) is 6.21 Å². The van der Waals surface area contributed by atoms with Gasteiger partial charge in [0.05, 0.1) is 6.21 Å². The minimum Gasteiger partial charge on any atom is -0.488 e. The molecule has 0 amide bonds. The summed E-state index contributed by atoms with van der Waals surface area (Å²) in [6.07, 6.45) is 3.19. The summed E-state index contributed by atoms with van der Waals surface area (Å²) in [7, 11) is 0. The minimum absolute atomic E-state index is 0.427. The van der Waals surface area contributed by atoms with Crippen molar-refractivity contribution in [2.24, 2.45) is 5.10 Å². The fourth-order valence-electron chi connectivity index (χ4n) is 1.96. The quantitative estimate of drug-likeness (QED) is 0.561. The zero-order valence-electron chi connectivity index (χ0n) is 12.0. The molecule has 23 heavy (non-hydrogen) atoms. The molecular weight excluding hydrogens is 332 g/mol. The summed E-state index contributed by atoms with van der Waals surface area (Å²) in [6, 6.07) is 15.2. The van der Waals surface area contributed by atoms with Crippen LogP contribution in [0.25, 0.3) is 0 Å². The van der Waals surface area contributed by atoms with Crippen LogP contribution in [0.3, 0.4) is 0 Å². The summed E-state index contributed by atoms with van der Waals surface area (Å²) in [4.78, 5) is 0. The highest BCUT2D eigenvalue weighted by atomic mass is 35.5. The Morgan fingerprint density at radius 2 is 2.13 bits per heavy atom. The van der Waals surface area contributed by atoms with Crippen LogP contribution in [-0.2, 0) is 6.61 Å². The maximum absolute atomic E-state index is 5.98. The van der Waals surface area contributed by atoms with E-state index in [2.05, 4.69) is 15.3 Å². The highest BCUT2D eigenvalue weighted by molar-refractivity contribution is 7.71. The highest BCUT2D eigenvalue weighted by Crippen LogP contribution is 2.19. The van der Waals surface area contributed by atoms with E-state index >= 15 is 0 Å². The zero-order chi connectivity index (χ0) is 16.1. The molecule has 1 aromatic heterocycles. The fraction of sp³-hybridized carbons (Fsp3) is 0.0625. The molecule has 0 spiro atoms. The molecule has 3 rings (SSSR count). The standard InChI is InChI=1S/C16H13ClN4OS/c17-14-6-3-4-12(8-14)10-22-15-7-2-1-5-13(15)9-19-21-11-18-20-16(21)23/h1-9,11H,10H2,(H,20,23)/b19-9-. The van der Waals surface area contributed by atoms with Crippen LogP contribution in [-0.4, -0.2) is 21.1 Å². The van der Waals surface area contributed by atoms with Crippen molar-refractivity contribution in [2.45, 2.75) is 6.61 Å². The van der Waals surface area contributed by atoms with Crippen LogP contribution in [0.4, 0.5) is 0 Å². The third-order valence-electron chi connectivity index (χ3n) is 3.06. The zero-order valence-corrected chi connectivity index (χ0v) is 13.6. The van der Waals surface area contributed by atoms with Crippen LogP contribution < -0.4 is 4.74 Å². The summed E-state index contributed by atoms with van der Waals surface area (Å²) in [5.74, 6) is 0.728. The Morgan fingerprint density at radius 3 is 2.91 bits per heavy atom. The van der Waals surface area contributed by atoms with Gasteiger partial charge in [-0.25, -0.2) is 0 Å². The molecule has 0 fully saturated rings. The van der Waals surface area contributed by atoms with E-state index in [-0.39, 0.29) is 0 Å². The summed E-state index contributed by atoms with van der Waals surface area (Å²) >= 11 is 11.0. The van der Waals surface area contributed by atoms with E-state index in [0.717, 1.165) is 16.9 Å². The fourth-order valence-corrected chi connectivity index (χ4v) is 2.32. The molecule has 0 bridgehead atoms. The number of aromatic nitrogens is 3. The first kappa shape index (κ1) is 15.5. The Morgan fingerprint density at radius 1 is 1.26 bits per heavy atom. The predicted octanol–water partition coefficient (Wildman–Crippen LogP) is 4.06. The second-order valence-corrected chi connectivity index (χ2v) is 5.53. The summed E-state index contributed by atoms with van der Waals surface area (Å²) in [6.45, 7) is 0.427. The van der Waals surface area contributed by atoms with Crippen molar-refractivity contribution < 1.29 is 4.74 Å². The first-order valence-corrected chi connectivity index (χ1v) is 7.63. The van der Waals surface area contributed by atoms with Crippen molar-refractivity contribution in [2.75, 3.05) is 0 Å². The third-order valence-corrected chi connectivity index (χ3v) is 3.57. The van der Waals surface area contributed by atoms with Crippen molar-refractivity contribution in [3.63, 3.8) is 0 Å². The molecule has 0 radical (unpaired) electrons. The van der Waals surface area contributed by atoms with Crippen molar-refractivity contribution in [3.8, 4) is 5.75 Å². The number of para-hydroxylation sites is 1. The summed E-state index contributed by atoms with van der Waals surface area (Å²) in [5, 5.41) is 11.4. The highest BCUT2D eigenvalue weighted by Gasteiger charge is 2.02. The van der Waals surface area contributed by atoms with Gasteiger partial charge in [-0.05, 0) is 42.0 Å². The van der Waals surface area contributed by atoms with Gasteiger partial charge >= 0.3 is 0 Å². The molecule has 0 saturated heterocycles. The molecule has 3 aromatic rings. The van der Waals surface area contributed by atoms with Crippen LogP contribution in [0.2, 0.25) is 5.02 Å². The van der Waals surface area contributed by atoms with Gasteiger partial charge in [-0.2, -0.15) is 14.9 Å². The number of H-pyrrole nitrogens is 1. The smallest absolute Gasteiger partial charge is 0.216 e. The van der Waals surface area contributed by atoms with E-state index in [4.69, 9.17) is 28.6 Å². The van der Waals surface area contributed by atoms with Crippen molar-refractivity contribution in [3.05, 3.63) is 75.8 Å². The summed E-state index contributed by atoms with van der Waals surface area (Å²) in [5.41, 5.74) is 1.85. The van der Waals surface area contributed by atoms with Gasteiger partial charge < -0.3 is 4.74 Å². The molecule has 0 aliphatic carbocycles. The molecule has 1 heterocycles. The van der Waals surface area contributed by atoms with Crippen LogP contribution in [0.15, 0.2) is 60.0 Å². The number of rotatable bonds is 5. The lowest BCUT2D eigenvalue weighted by molar-refractivity contribution is 0.306. The van der Waals surface area contributed by atoms with Gasteiger partial charge in [-0.15, -0.1) is 0 Å². The molecule has 5 nitrogen and oxygen atoms in total. The average Bonchev–Trinajstić information content (AvgIpc) is 2.97. The second-order valence-electron chi connectivity index (χ2n) is 4.71. The molecule has 0 aliphatic rings. The number of hydrogen-bond donors (Lipinski definition) is 1. The SMILES string of the molecule is S=c1[nH]ncn1/N=C\c1ccccc1OCc1cccc(Cl)c1. The number of aromatic amines is 1. The Labute approximate surface area is 143 Å². The molecule has 0 atom stereocenters. The Bertz CT molecular complexity index is 887. The van der Waals surface area contributed by atoms with E-state index in [9.17, 15) is 0 Å². The van der Waals surface area contributed by atoms with Crippen molar-refractivity contribution >= 4 is 30.0 Å². The molecule has 0 saturated carbocycles. The maximum Gasteiger partial charge on any atom is 0.216 e. The predicted molar refractivity (Wildman–Crippen MR) is 92.6 cm³/mol. The van der Waals surface area contributed by atoms with E-state index in [1.807, 2.05) is 48.5 Å². The van der Waals surface area contributed by atoms with Gasteiger partial charge in [0.1, 0.15) is 18.7 Å². The Kier molecular flexibility index (Phi) is 4.85. The number of halogens is 1. The average molecular weight is 345 g/mol. The number of benzene rings is 2. The largest absolute Gasteiger partial charge is 0.488 e. The second kappa shape index (κ2) is 7.21. The first-order valence-electron chi connectivity index (χ1n) is 6.85. The topological polar surface area (TPSA) is 55.2 Å². The van der Waals surface area contributed by atoms with Gasteiger partial charge in [0.25, 0.3) is 0 Å². The molecular formula is C16H13ClN4OS. The number of nitrogens with one attached hydrogen (secondary N) is 1. The maximum atomic E-state index is 5.98. The molecule has 116 valence electrons. The Hall–Kier alpha value is -2.44. The molecule has 7 heteroatoms. The third kappa shape index (κ3) is 4.06. The van der Waals surface area contributed by atoms with Crippen LogP contribution >= 0.6 is 23.8 Å². The number of hydrogen-bond acceptors (Lipinski definition) is 4. The first-order chi connectivity index (χ1) is 11.2. The molecule has 0 aliphatic heterocycles. The lowest BCUT2D eigenvalue weighted by Gasteiger charge is -2.09. The van der Waals surface area contributed by atoms with Crippen LogP contribution in [0.5, 0.6) is 5.75 Å². The lowest BCUT2D eigenvalue weighted by atomic mass is 10.2. The van der Waals surface area contributed by atoms with Gasteiger partial charge in [-0.1, -0.05) is 35.9 Å². The van der Waals surface area contributed by atoms with Crippen LogP contribution in [0.1, 0.15) is 11.1 Å². The molecule has 2 aromatic carbocycles. The van der Waals surface area contributed by atoms with E-state index < -0.39 is 0 Å². The van der Waals surface area contributed by atoms with Crippen molar-refractivity contribution in [1.82, 2.24) is 14.9 Å². The normalized spacial score (nSPS) is 11.0. The Balaban J connectivity index is 1.77. The van der Waals surface area contributed by atoms with Gasteiger partial charge in [0.15, 0.2) is 0 Å². The van der Waals surface area contributed by atoms with Crippen molar-refractivity contribution in [1.29, 1.82) is 0 Å². The number of ether oxygens (including phenoxy) is 1. The van der Waals surface area contributed by atoms with Gasteiger partial charge in [0.2, 0.25) is 4.77 Å². The van der Waals surface area contributed by atoms with Crippen LogP contribution in [0, 0.1) is 4.77 Å². The monoisotopic (exact) mass is 344 g/mol. The lowest BCUT2D eigenvalue weighted by Crippen LogP contribution is -1.99.